The summed E-state index contributed by atoms with van der Waals surface area (Å²) in [6.07, 6.45) is 3.57. The van der Waals surface area contributed by atoms with Crippen LogP contribution < -0.4 is 24.8 Å². The second-order valence-electron chi connectivity index (χ2n) is 6.60. The number of anilines is 1. The summed E-state index contributed by atoms with van der Waals surface area (Å²) in [4.78, 5) is 25.6. The molecule has 0 aliphatic carbocycles. The van der Waals surface area contributed by atoms with Gasteiger partial charge in [0.15, 0.2) is 11.5 Å². The first kappa shape index (κ1) is 21.9. The highest BCUT2D eigenvalue weighted by atomic mass is 16.5. The van der Waals surface area contributed by atoms with Crippen LogP contribution in [-0.2, 0) is 0 Å². The summed E-state index contributed by atoms with van der Waals surface area (Å²) < 4.78 is 17.8. The van der Waals surface area contributed by atoms with Crippen LogP contribution in [0.3, 0.4) is 0 Å². The topological polar surface area (TPSA) is 112 Å². The predicted molar refractivity (Wildman–Crippen MR) is 116 cm³/mol. The molecule has 0 aliphatic heterocycles. The Labute approximate surface area is 180 Å². The normalized spacial score (nSPS) is 10.5. The van der Waals surface area contributed by atoms with Gasteiger partial charge in [0.1, 0.15) is 23.3 Å². The third kappa shape index (κ3) is 5.03. The molecule has 0 fully saturated rings. The van der Waals surface area contributed by atoms with Crippen molar-refractivity contribution in [1.29, 1.82) is 0 Å². The van der Waals surface area contributed by atoms with E-state index < -0.39 is 0 Å². The van der Waals surface area contributed by atoms with Crippen molar-refractivity contribution < 1.29 is 19.0 Å². The van der Waals surface area contributed by atoms with Crippen molar-refractivity contribution in [3.8, 4) is 23.1 Å². The molecule has 2 aromatic heterocycles. The molecule has 2 N–H and O–H groups in total. The number of amides is 1. The standard InChI is InChI=1S/C21H26N6O4/c1-13-25-18(12-19(26-13)27-9-8-22-14(27)2)23-6-7-24-21(28)15-10-16(29-3)20(31-5)17(11-15)30-4/h8-12H,6-7H2,1-5H3,(H,24,28)(H,23,25,26). The van der Waals surface area contributed by atoms with E-state index in [-0.39, 0.29) is 5.91 Å². The number of carbonyl (C=O) groups is 1. The summed E-state index contributed by atoms with van der Waals surface area (Å²) in [6, 6.07) is 5.05. The minimum atomic E-state index is -0.255. The third-order valence-corrected chi connectivity index (χ3v) is 4.54. The first-order valence-corrected chi connectivity index (χ1v) is 9.65. The summed E-state index contributed by atoms with van der Waals surface area (Å²) >= 11 is 0. The van der Waals surface area contributed by atoms with Crippen LogP contribution in [-0.4, -0.2) is 59.8 Å². The van der Waals surface area contributed by atoms with E-state index in [0.29, 0.717) is 47.5 Å². The van der Waals surface area contributed by atoms with E-state index in [0.717, 1.165) is 11.6 Å². The van der Waals surface area contributed by atoms with E-state index in [9.17, 15) is 4.79 Å². The number of rotatable bonds is 9. The molecule has 3 rings (SSSR count). The molecule has 0 saturated carbocycles. The van der Waals surface area contributed by atoms with Gasteiger partial charge in [0, 0.05) is 37.1 Å². The Bertz CT molecular complexity index is 1040. The van der Waals surface area contributed by atoms with Gasteiger partial charge in [-0.2, -0.15) is 0 Å². The zero-order chi connectivity index (χ0) is 22.4. The number of carbonyl (C=O) groups excluding carboxylic acids is 1. The minimum absolute atomic E-state index is 0.255. The SMILES string of the molecule is COc1cc(C(=O)NCCNc2cc(-n3ccnc3C)nc(C)n2)cc(OC)c1OC. The number of nitrogens with zero attached hydrogens (tertiary/aromatic N) is 4. The Hall–Kier alpha value is -3.82. The number of aromatic nitrogens is 4. The summed E-state index contributed by atoms with van der Waals surface area (Å²) in [5.74, 6) is 3.88. The summed E-state index contributed by atoms with van der Waals surface area (Å²) in [6.45, 7) is 4.60. The van der Waals surface area contributed by atoms with Gasteiger partial charge in [-0.15, -0.1) is 0 Å². The van der Waals surface area contributed by atoms with Crippen LogP contribution in [0.1, 0.15) is 22.0 Å². The van der Waals surface area contributed by atoms with E-state index in [4.69, 9.17) is 14.2 Å². The van der Waals surface area contributed by atoms with E-state index >= 15 is 0 Å². The molecule has 0 unspecified atom stereocenters. The van der Waals surface area contributed by atoms with Crippen molar-refractivity contribution >= 4 is 11.7 Å². The molecule has 0 spiro atoms. The maximum absolute atomic E-state index is 12.6. The molecule has 3 aromatic rings. The molecule has 10 heteroatoms. The first-order chi connectivity index (χ1) is 15.0. The fraction of sp³-hybridized carbons (Fsp3) is 0.333. The number of benzene rings is 1. The average molecular weight is 426 g/mol. The van der Waals surface area contributed by atoms with Crippen molar-refractivity contribution in [2.75, 3.05) is 39.7 Å². The number of hydrogen-bond acceptors (Lipinski definition) is 8. The molecule has 31 heavy (non-hydrogen) atoms. The molecule has 10 nitrogen and oxygen atoms in total. The monoisotopic (exact) mass is 426 g/mol. The lowest BCUT2D eigenvalue weighted by Gasteiger charge is -2.14. The fourth-order valence-corrected chi connectivity index (χ4v) is 3.07. The Balaban J connectivity index is 1.62. The van der Waals surface area contributed by atoms with Crippen LogP contribution >= 0.6 is 0 Å². The lowest BCUT2D eigenvalue weighted by atomic mass is 10.1. The molecule has 0 atom stereocenters. The largest absolute Gasteiger partial charge is 0.493 e. The second kappa shape index (κ2) is 9.79. The van der Waals surface area contributed by atoms with Gasteiger partial charge in [-0.05, 0) is 26.0 Å². The number of ether oxygens (including phenoxy) is 3. The van der Waals surface area contributed by atoms with Gasteiger partial charge in [0.25, 0.3) is 5.91 Å². The number of hydrogen-bond donors (Lipinski definition) is 2. The van der Waals surface area contributed by atoms with E-state index in [2.05, 4.69) is 25.6 Å². The summed E-state index contributed by atoms with van der Waals surface area (Å²) in [5.41, 5.74) is 0.408. The average Bonchev–Trinajstić information content (AvgIpc) is 3.20. The molecule has 1 aromatic carbocycles. The number of imidazole rings is 1. The van der Waals surface area contributed by atoms with Crippen LogP contribution in [0, 0.1) is 13.8 Å². The summed E-state index contributed by atoms with van der Waals surface area (Å²) in [7, 11) is 4.53. The zero-order valence-electron chi connectivity index (χ0n) is 18.2. The van der Waals surface area contributed by atoms with Gasteiger partial charge in [-0.1, -0.05) is 0 Å². The number of nitrogens with one attached hydrogen (secondary N) is 2. The second-order valence-corrected chi connectivity index (χ2v) is 6.60. The quantitative estimate of drug-likeness (QED) is 0.501. The van der Waals surface area contributed by atoms with E-state index in [1.54, 1.807) is 18.3 Å². The van der Waals surface area contributed by atoms with Gasteiger partial charge in [-0.3, -0.25) is 9.36 Å². The van der Waals surface area contributed by atoms with Gasteiger partial charge >= 0.3 is 0 Å². The van der Waals surface area contributed by atoms with Crippen LogP contribution in [0.4, 0.5) is 5.82 Å². The smallest absolute Gasteiger partial charge is 0.251 e. The maximum atomic E-state index is 12.6. The third-order valence-electron chi connectivity index (χ3n) is 4.54. The van der Waals surface area contributed by atoms with Crippen molar-refractivity contribution in [3.63, 3.8) is 0 Å². The molecule has 1 amide bonds. The molecule has 0 saturated heterocycles. The van der Waals surface area contributed by atoms with Crippen LogP contribution in [0.5, 0.6) is 17.2 Å². The van der Waals surface area contributed by atoms with Crippen LogP contribution in [0.2, 0.25) is 0 Å². The molecule has 0 aliphatic rings. The highest BCUT2D eigenvalue weighted by Gasteiger charge is 2.16. The lowest BCUT2D eigenvalue weighted by Crippen LogP contribution is -2.29. The van der Waals surface area contributed by atoms with Crippen molar-refractivity contribution in [1.82, 2.24) is 24.8 Å². The highest BCUT2D eigenvalue weighted by Crippen LogP contribution is 2.38. The van der Waals surface area contributed by atoms with E-state index in [1.165, 1.54) is 21.3 Å². The molecule has 164 valence electrons. The molecular formula is C21H26N6O4. The van der Waals surface area contributed by atoms with Crippen molar-refractivity contribution in [2.45, 2.75) is 13.8 Å². The predicted octanol–water partition coefficient (Wildman–Crippen LogP) is 2.15. The van der Waals surface area contributed by atoms with Crippen molar-refractivity contribution in [2.24, 2.45) is 0 Å². The van der Waals surface area contributed by atoms with Gasteiger partial charge < -0.3 is 24.8 Å². The first-order valence-electron chi connectivity index (χ1n) is 9.65. The minimum Gasteiger partial charge on any atom is -0.493 e. The molecular weight excluding hydrogens is 400 g/mol. The fourth-order valence-electron chi connectivity index (χ4n) is 3.07. The number of methoxy groups -OCH3 is 3. The van der Waals surface area contributed by atoms with Gasteiger partial charge in [0.2, 0.25) is 5.75 Å². The lowest BCUT2D eigenvalue weighted by molar-refractivity contribution is 0.0954. The van der Waals surface area contributed by atoms with Crippen molar-refractivity contribution in [3.05, 3.63) is 47.8 Å². The molecule has 0 bridgehead atoms. The molecule has 2 heterocycles. The Morgan fingerprint density at radius 1 is 1.00 bits per heavy atom. The zero-order valence-corrected chi connectivity index (χ0v) is 18.2. The molecule has 0 radical (unpaired) electrons. The van der Waals surface area contributed by atoms with Crippen LogP contribution in [0.15, 0.2) is 30.6 Å². The van der Waals surface area contributed by atoms with E-state index in [1.807, 2.05) is 30.7 Å². The van der Waals surface area contributed by atoms with Gasteiger partial charge in [0.05, 0.1) is 21.3 Å². The maximum Gasteiger partial charge on any atom is 0.251 e. The Kier molecular flexibility index (Phi) is 6.91. The van der Waals surface area contributed by atoms with Crippen LogP contribution in [0.25, 0.3) is 5.82 Å². The summed E-state index contributed by atoms with van der Waals surface area (Å²) in [5, 5.41) is 6.07. The number of aryl methyl sites for hydroxylation is 2. The Morgan fingerprint density at radius 3 is 2.29 bits per heavy atom. The van der Waals surface area contributed by atoms with Gasteiger partial charge in [-0.25, -0.2) is 15.0 Å². The Morgan fingerprint density at radius 2 is 1.71 bits per heavy atom. The highest BCUT2D eigenvalue weighted by molar-refractivity contribution is 5.95.